The lowest BCUT2D eigenvalue weighted by atomic mass is 9.84. The van der Waals surface area contributed by atoms with Gasteiger partial charge in [-0.05, 0) is 23.5 Å². The summed E-state index contributed by atoms with van der Waals surface area (Å²) >= 11 is 6.13. The maximum atomic E-state index is 10.8. The highest BCUT2D eigenvalue weighted by Crippen LogP contribution is 2.39. The molecule has 2 heteroatoms. The number of benzene rings is 1. The van der Waals surface area contributed by atoms with Crippen molar-refractivity contribution in [2.75, 3.05) is 0 Å². The fourth-order valence-electron chi connectivity index (χ4n) is 1.93. The summed E-state index contributed by atoms with van der Waals surface area (Å²) in [4.78, 5) is 10.8. The van der Waals surface area contributed by atoms with Crippen molar-refractivity contribution in [1.29, 1.82) is 0 Å². The van der Waals surface area contributed by atoms with Crippen LogP contribution in [0, 0.1) is 0 Å². The maximum absolute atomic E-state index is 10.8. The van der Waals surface area contributed by atoms with Gasteiger partial charge in [0, 0.05) is 5.57 Å². The van der Waals surface area contributed by atoms with Crippen LogP contribution in [0.1, 0.15) is 30.4 Å². The molecule has 0 saturated heterocycles. The van der Waals surface area contributed by atoms with E-state index in [4.69, 9.17) is 11.6 Å². The van der Waals surface area contributed by atoms with Crippen LogP contribution < -0.4 is 0 Å². The van der Waals surface area contributed by atoms with Crippen LogP contribution >= 0.6 is 11.6 Å². The molecule has 0 aliphatic heterocycles. The van der Waals surface area contributed by atoms with E-state index in [-0.39, 0.29) is 0 Å². The van der Waals surface area contributed by atoms with Crippen LogP contribution in [-0.4, -0.2) is 6.29 Å². The molecule has 1 aliphatic carbocycles. The Morgan fingerprint density at radius 1 is 1.43 bits per heavy atom. The summed E-state index contributed by atoms with van der Waals surface area (Å²) < 4.78 is 0. The SMILES string of the molecule is CC1CC(C=O)=C(Cl)c2ccccc21. The van der Waals surface area contributed by atoms with Gasteiger partial charge in [-0.1, -0.05) is 42.8 Å². The fraction of sp³-hybridized carbons (Fsp3) is 0.250. The summed E-state index contributed by atoms with van der Waals surface area (Å²) in [6.07, 6.45) is 1.62. The number of aldehydes is 1. The number of hydrogen-bond donors (Lipinski definition) is 0. The first-order chi connectivity index (χ1) is 6.74. The Hall–Kier alpha value is -1.08. The minimum atomic E-state index is 0.383. The monoisotopic (exact) mass is 206 g/mol. The number of rotatable bonds is 1. The van der Waals surface area contributed by atoms with Gasteiger partial charge in [0.25, 0.3) is 0 Å². The molecule has 72 valence electrons. The normalized spacial score (nSPS) is 20.6. The smallest absolute Gasteiger partial charge is 0.147 e. The van der Waals surface area contributed by atoms with Gasteiger partial charge in [0.05, 0.1) is 5.03 Å². The maximum Gasteiger partial charge on any atom is 0.147 e. The van der Waals surface area contributed by atoms with Gasteiger partial charge >= 0.3 is 0 Å². The Kier molecular flexibility index (Phi) is 2.42. The van der Waals surface area contributed by atoms with Crippen LogP contribution in [-0.2, 0) is 4.79 Å². The van der Waals surface area contributed by atoms with E-state index in [1.165, 1.54) is 5.56 Å². The van der Waals surface area contributed by atoms with Gasteiger partial charge in [0.15, 0.2) is 0 Å². The summed E-state index contributed by atoms with van der Waals surface area (Å²) in [5.41, 5.74) is 2.97. The molecule has 14 heavy (non-hydrogen) atoms. The van der Waals surface area contributed by atoms with E-state index < -0.39 is 0 Å². The molecule has 0 bridgehead atoms. The van der Waals surface area contributed by atoms with Crippen LogP contribution in [0.3, 0.4) is 0 Å². The molecule has 1 aromatic carbocycles. The molecule has 1 unspecified atom stereocenters. The second-order valence-electron chi connectivity index (χ2n) is 3.65. The van der Waals surface area contributed by atoms with E-state index in [1.807, 2.05) is 18.2 Å². The summed E-state index contributed by atoms with van der Waals surface area (Å²) in [6, 6.07) is 7.99. The molecule has 2 rings (SSSR count). The Bertz CT molecular complexity index is 407. The first-order valence-corrected chi connectivity index (χ1v) is 5.05. The van der Waals surface area contributed by atoms with Gasteiger partial charge in [-0.3, -0.25) is 4.79 Å². The Labute approximate surface area is 88.4 Å². The van der Waals surface area contributed by atoms with Crippen molar-refractivity contribution in [3.63, 3.8) is 0 Å². The van der Waals surface area contributed by atoms with Gasteiger partial charge in [0.1, 0.15) is 6.29 Å². The lowest BCUT2D eigenvalue weighted by Crippen LogP contribution is -2.07. The highest BCUT2D eigenvalue weighted by atomic mass is 35.5. The molecule has 1 aliphatic rings. The lowest BCUT2D eigenvalue weighted by molar-refractivity contribution is -0.105. The van der Waals surface area contributed by atoms with Gasteiger partial charge in [-0.25, -0.2) is 0 Å². The minimum Gasteiger partial charge on any atom is -0.298 e. The standard InChI is InChI=1S/C12H11ClO/c1-8-6-9(7-14)12(13)11-5-3-2-4-10(8)11/h2-5,7-8H,6H2,1H3. The van der Waals surface area contributed by atoms with E-state index in [1.54, 1.807) is 0 Å². The molecule has 0 heterocycles. The molecule has 0 saturated carbocycles. The number of halogens is 1. The second-order valence-corrected chi connectivity index (χ2v) is 4.03. The Morgan fingerprint density at radius 3 is 2.86 bits per heavy atom. The molecule has 0 N–H and O–H groups in total. The van der Waals surface area contributed by atoms with Crippen LogP contribution in [0.5, 0.6) is 0 Å². The molecular formula is C12H11ClO. The summed E-state index contributed by atoms with van der Waals surface area (Å²) in [5.74, 6) is 0.383. The summed E-state index contributed by atoms with van der Waals surface area (Å²) in [5, 5.41) is 0.619. The predicted molar refractivity (Wildman–Crippen MR) is 58.3 cm³/mol. The number of carbonyl (C=O) groups excluding carboxylic acids is 1. The zero-order valence-electron chi connectivity index (χ0n) is 7.96. The van der Waals surface area contributed by atoms with Crippen molar-refractivity contribution < 1.29 is 4.79 Å². The molecule has 0 aromatic heterocycles. The van der Waals surface area contributed by atoms with Crippen molar-refractivity contribution >= 4 is 22.9 Å². The molecule has 0 radical (unpaired) electrons. The van der Waals surface area contributed by atoms with Crippen LogP contribution in [0.25, 0.3) is 5.03 Å². The van der Waals surface area contributed by atoms with E-state index in [0.29, 0.717) is 11.0 Å². The van der Waals surface area contributed by atoms with Crippen molar-refractivity contribution in [3.8, 4) is 0 Å². The van der Waals surface area contributed by atoms with Crippen molar-refractivity contribution in [2.24, 2.45) is 0 Å². The predicted octanol–water partition coefficient (Wildman–Crippen LogP) is 3.34. The third-order valence-electron chi connectivity index (χ3n) is 2.68. The molecule has 0 fully saturated rings. The van der Waals surface area contributed by atoms with E-state index in [9.17, 15) is 4.79 Å². The number of allylic oxidation sites excluding steroid dienone is 1. The lowest BCUT2D eigenvalue weighted by Gasteiger charge is -2.22. The van der Waals surface area contributed by atoms with Crippen LogP contribution in [0.4, 0.5) is 0 Å². The van der Waals surface area contributed by atoms with E-state index in [0.717, 1.165) is 23.8 Å². The molecule has 0 spiro atoms. The number of hydrogen-bond acceptors (Lipinski definition) is 1. The van der Waals surface area contributed by atoms with Crippen LogP contribution in [0.2, 0.25) is 0 Å². The van der Waals surface area contributed by atoms with Gasteiger partial charge in [-0.15, -0.1) is 0 Å². The average molecular weight is 207 g/mol. The fourth-order valence-corrected chi connectivity index (χ4v) is 2.22. The number of carbonyl (C=O) groups is 1. The largest absolute Gasteiger partial charge is 0.298 e. The average Bonchev–Trinajstić information content (AvgIpc) is 2.23. The Morgan fingerprint density at radius 2 is 2.14 bits per heavy atom. The van der Waals surface area contributed by atoms with Gasteiger partial charge in [-0.2, -0.15) is 0 Å². The summed E-state index contributed by atoms with van der Waals surface area (Å²) in [7, 11) is 0. The quantitative estimate of drug-likeness (QED) is 0.644. The van der Waals surface area contributed by atoms with E-state index >= 15 is 0 Å². The first-order valence-electron chi connectivity index (χ1n) is 4.67. The van der Waals surface area contributed by atoms with Crippen molar-refractivity contribution in [3.05, 3.63) is 41.0 Å². The number of fused-ring (bicyclic) bond motifs is 1. The topological polar surface area (TPSA) is 17.1 Å². The molecule has 1 aromatic rings. The zero-order valence-corrected chi connectivity index (χ0v) is 8.71. The molecular weight excluding hydrogens is 196 g/mol. The van der Waals surface area contributed by atoms with Gasteiger partial charge < -0.3 is 0 Å². The zero-order chi connectivity index (χ0) is 10.1. The van der Waals surface area contributed by atoms with Crippen LogP contribution in [0.15, 0.2) is 29.8 Å². The minimum absolute atomic E-state index is 0.383. The molecule has 1 nitrogen and oxygen atoms in total. The van der Waals surface area contributed by atoms with Gasteiger partial charge in [0.2, 0.25) is 0 Å². The van der Waals surface area contributed by atoms with E-state index in [2.05, 4.69) is 13.0 Å². The molecule has 1 atom stereocenters. The first kappa shape index (κ1) is 9.47. The highest BCUT2D eigenvalue weighted by molar-refractivity contribution is 6.50. The molecule has 0 amide bonds. The third-order valence-corrected chi connectivity index (χ3v) is 3.12. The highest BCUT2D eigenvalue weighted by Gasteiger charge is 2.21. The van der Waals surface area contributed by atoms with Crippen molar-refractivity contribution in [2.45, 2.75) is 19.3 Å². The Balaban J connectivity index is 2.62. The second kappa shape index (κ2) is 3.58. The summed E-state index contributed by atoms with van der Waals surface area (Å²) in [6.45, 7) is 2.12. The van der Waals surface area contributed by atoms with Crippen molar-refractivity contribution in [1.82, 2.24) is 0 Å². The third kappa shape index (κ3) is 1.38.